The zero-order valence-corrected chi connectivity index (χ0v) is 11.2. The monoisotopic (exact) mass is 271 g/mol. The van der Waals surface area contributed by atoms with E-state index in [1.807, 2.05) is 11.8 Å². The molecule has 1 aromatic rings. The van der Waals surface area contributed by atoms with Crippen LogP contribution in [0.1, 0.15) is 23.7 Å². The molecule has 1 fully saturated rings. The minimum atomic E-state index is -0.447. The van der Waals surface area contributed by atoms with Crippen molar-refractivity contribution in [3.63, 3.8) is 0 Å². The lowest BCUT2D eigenvalue weighted by molar-refractivity contribution is 0.0987. The molecular formula is C12H14FNOS2. The predicted molar refractivity (Wildman–Crippen MR) is 71.3 cm³/mol. The Balaban J connectivity index is 2.18. The number of halogens is 1. The smallest absolute Gasteiger partial charge is 0.178 e. The molecule has 0 aliphatic carbocycles. The molecule has 0 amide bonds. The van der Waals surface area contributed by atoms with Crippen LogP contribution in [-0.4, -0.2) is 32.8 Å². The van der Waals surface area contributed by atoms with Crippen LogP contribution in [0.5, 0.6) is 0 Å². The van der Waals surface area contributed by atoms with E-state index in [-0.39, 0.29) is 11.0 Å². The third kappa shape index (κ3) is 3.01. The van der Waals surface area contributed by atoms with Gasteiger partial charge in [-0.15, -0.1) is 11.8 Å². The van der Waals surface area contributed by atoms with Crippen molar-refractivity contribution in [1.29, 1.82) is 0 Å². The number of pyridine rings is 1. The van der Waals surface area contributed by atoms with E-state index in [0.29, 0.717) is 10.8 Å². The van der Waals surface area contributed by atoms with Gasteiger partial charge in [-0.3, -0.25) is 9.78 Å². The molecule has 0 aromatic carbocycles. The van der Waals surface area contributed by atoms with Crippen LogP contribution in [0.4, 0.5) is 4.39 Å². The second-order valence-corrected chi connectivity index (χ2v) is 6.46. The maximum Gasteiger partial charge on any atom is 0.178 e. The minimum Gasteiger partial charge on any atom is -0.293 e. The highest BCUT2D eigenvalue weighted by Crippen LogP contribution is 2.35. The van der Waals surface area contributed by atoms with Crippen LogP contribution in [0.25, 0.3) is 0 Å². The number of hydrogen-bond donors (Lipinski definition) is 0. The van der Waals surface area contributed by atoms with E-state index in [1.165, 1.54) is 12.3 Å². The van der Waals surface area contributed by atoms with Crippen molar-refractivity contribution < 1.29 is 9.18 Å². The Labute approximate surface area is 109 Å². The van der Waals surface area contributed by atoms with Gasteiger partial charge in [0, 0.05) is 28.5 Å². The molecule has 0 radical (unpaired) electrons. The lowest BCUT2D eigenvalue weighted by atomic mass is 10.1. The predicted octanol–water partition coefficient (Wildman–Crippen LogP) is 3.03. The normalized spacial score (nSPS) is 24.6. The molecule has 2 atom stereocenters. The number of hydrogen-bond acceptors (Lipinski definition) is 4. The Morgan fingerprint density at radius 1 is 1.47 bits per heavy atom. The first-order chi connectivity index (χ1) is 8.22. The average molecular weight is 271 g/mol. The molecule has 0 N–H and O–H groups in total. The SMILES string of the molecule is CCC1SCCSC1C(=O)c1cncc(F)c1. The summed E-state index contributed by atoms with van der Waals surface area (Å²) >= 11 is 3.53. The molecule has 2 nitrogen and oxygen atoms in total. The van der Waals surface area contributed by atoms with E-state index >= 15 is 0 Å². The fourth-order valence-corrected chi connectivity index (χ4v) is 4.88. The number of rotatable bonds is 3. The van der Waals surface area contributed by atoms with Gasteiger partial charge >= 0.3 is 0 Å². The van der Waals surface area contributed by atoms with Crippen molar-refractivity contribution in [2.75, 3.05) is 11.5 Å². The van der Waals surface area contributed by atoms with Crippen LogP contribution in [0.3, 0.4) is 0 Å². The molecule has 2 rings (SSSR count). The van der Waals surface area contributed by atoms with Crippen LogP contribution in [0.15, 0.2) is 18.5 Å². The average Bonchev–Trinajstić information content (AvgIpc) is 2.38. The van der Waals surface area contributed by atoms with Crippen LogP contribution < -0.4 is 0 Å². The molecule has 1 aromatic heterocycles. The summed E-state index contributed by atoms with van der Waals surface area (Å²) in [6.45, 7) is 2.09. The van der Waals surface area contributed by atoms with Crippen molar-refractivity contribution in [3.05, 3.63) is 29.8 Å². The second-order valence-electron chi connectivity index (χ2n) is 3.86. The topological polar surface area (TPSA) is 30.0 Å². The van der Waals surface area contributed by atoms with Gasteiger partial charge in [-0.2, -0.15) is 11.8 Å². The summed E-state index contributed by atoms with van der Waals surface area (Å²) in [4.78, 5) is 16.0. The van der Waals surface area contributed by atoms with E-state index in [0.717, 1.165) is 24.1 Å². The molecule has 0 saturated carbocycles. The first kappa shape index (κ1) is 12.9. The van der Waals surface area contributed by atoms with Crippen molar-refractivity contribution in [1.82, 2.24) is 4.98 Å². The second kappa shape index (κ2) is 5.87. The van der Waals surface area contributed by atoms with Crippen molar-refractivity contribution in [2.45, 2.75) is 23.8 Å². The van der Waals surface area contributed by atoms with E-state index in [4.69, 9.17) is 0 Å². The van der Waals surface area contributed by atoms with Gasteiger partial charge in [-0.25, -0.2) is 4.39 Å². The molecule has 0 bridgehead atoms. The van der Waals surface area contributed by atoms with Gasteiger partial charge < -0.3 is 0 Å². The molecule has 2 heterocycles. The summed E-state index contributed by atoms with van der Waals surface area (Å²) < 4.78 is 13.0. The summed E-state index contributed by atoms with van der Waals surface area (Å²) in [5, 5.41) is 0.284. The maximum atomic E-state index is 13.0. The Morgan fingerprint density at radius 2 is 2.24 bits per heavy atom. The van der Waals surface area contributed by atoms with Crippen molar-refractivity contribution in [2.24, 2.45) is 0 Å². The third-order valence-electron chi connectivity index (χ3n) is 2.70. The van der Waals surface area contributed by atoms with Crippen LogP contribution >= 0.6 is 23.5 Å². The zero-order chi connectivity index (χ0) is 12.3. The number of nitrogens with zero attached hydrogens (tertiary/aromatic N) is 1. The largest absolute Gasteiger partial charge is 0.293 e. The number of thioether (sulfide) groups is 2. The Bertz CT molecular complexity index is 413. The minimum absolute atomic E-state index is 0.0149. The zero-order valence-electron chi connectivity index (χ0n) is 9.56. The molecule has 92 valence electrons. The Kier molecular flexibility index (Phi) is 4.45. The summed E-state index contributed by atoms with van der Waals surface area (Å²) in [6.07, 6.45) is 3.55. The van der Waals surface area contributed by atoms with Gasteiger partial charge in [-0.1, -0.05) is 6.92 Å². The molecule has 1 aliphatic heterocycles. The van der Waals surface area contributed by atoms with E-state index in [2.05, 4.69) is 11.9 Å². The summed E-state index contributed by atoms with van der Waals surface area (Å²) in [6, 6.07) is 1.28. The highest BCUT2D eigenvalue weighted by Gasteiger charge is 2.31. The summed E-state index contributed by atoms with van der Waals surface area (Å²) in [5.41, 5.74) is 0.392. The Hall–Kier alpha value is -0.550. The van der Waals surface area contributed by atoms with Crippen LogP contribution in [0.2, 0.25) is 0 Å². The number of carbonyl (C=O) groups is 1. The molecule has 17 heavy (non-hydrogen) atoms. The number of Topliss-reactive ketones (excluding diaryl/α,β-unsaturated/α-hetero) is 1. The van der Waals surface area contributed by atoms with Gasteiger partial charge in [0.15, 0.2) is 5.78 Å². The van der Waals surface area contributed by atoms with Gasteiger partial charge in [0.1, 0.15) is 5.82 Å². The molecule has 2 unspecified atom stereocenters. The highest BCUT2D eigenvalue weighted by molar-refractivity contribution is 8.07. The first-order valence-electron chi connectivity index (χ1n) is 5.60. The Morgan fingerprint density at radius 3 is 2.94 bits per heavy atom. The van der Waals surface area contributed by atoms with Gasteiger partial charge in [0.2, 0.25) is 0 Å². The lowest BCUT2D eigenvalue weighted by Gasteiger charge is -2.28. The van der Waals surface area contributed by atoms with Crippen molar-refractivity contribution in [3.8, 4) is 0 Å². The van der Waals surface area contributed by atoms with E-state index in [9.17, 15) is 9.18 Å². The molecule has 5 heteroatoms. The first-order valence-corrected chi connectivity index (χ1v) is 7.70. The number of aromatic nitrogens is 1. The highest BCUT2D eigenvalue weighted by atomic mass is 32.2. The van der Waals surface area contributed by atoms with E-state index < -0.39 is 5.82 Å². The third-order valence-corrected chi connectivity index (χ3v) is 5.95. The van der Waals surface area contributed by atoms with Crippen LogP contribution in [0, 0.1) is 5.82 Å². The molecular weight excluding hydrogens is 257 g/mol. The summed E-state index contributed by atoms with van der Waals surface area (Å²) in [5.74, 6) is 1.65. The molecule has 0 spiro atoms. The number of carbonyl (C=O) groups excluding carboxylic acids is 1. The molecule has 1 saturated heterocycles. The van der Waals surface area contributed by atoms with Crippen molar-refractivity contribution >= 4 is 29.3 Å². The molecule has 1 aliphatic rings. The van der Waals surface area contributed by atoms with Gasteiger partial charge in [0.25, 0.3) is 0 Å². The quantitative estimate of drug-likeness (QED) is 0.790. The van der Waals surface area contributed by atoms with Gasteiger partial charge in [-0.05, 0) is 12.5 Å². The van der Waals surface area contributed by atoms with Crippen LogP contribution in [-0.2, 0) is 0 Å². The summed E-state index contributed by atoms with van der Waals surface area (Å²) in [7, 11) is 0. The fraction of sp³-hybridized carbons (Fsp3) is 0.500. The van der Waals surface area contributed by atoms with E-state index in [1.54, 1.807) is 11.8 Å². The lowest BCUT2D eigenvalue weighted by Crippen LogP contribution is -2.32. The maximum absolute atomic E-state index is 13.0. The fourth-order valence-electron chi connectivity index (χ4n) is 1.86. The van der Waals surface area contributed by atoms with Gasteiger partial charge in [0.05, 0.1) is 11.4 Å². The standard InChI is InChI=1S/C12H14FNOS2/c1-2-10-12(17-4-3-16-10)11(15)8-5-9(13)7-14-6-8/h5-7,10,12H,2-4H2,1H3. The number of ketones is 1.